The monoisotopic (exact) mass is 445 g/mol. The number of hydrogen-bond acceptors (Lipinski definition) is 4. The van der Waals surface area contributed by atoms with E-state index in [1.807, 2.05) is 36.4 Å². The Morgan fingerprint density at radius 1 is 0.931 bits per heavy atom. The third kappa shape index (κ3) is 4.40. The molecule has 148 valence electrons. The zero-order valence-electron chi connectivity index (χ0n) is 15.1. The maximum atomic E-state index is 12.5. The molecule has 1 unspecified atom stereocenters. The average Bonchev–Trinajstić information content (AvgIpc) is 3.19. The minimum Gasteiger partial charge on any atom is -0.302 e. The number of halogens is 2. The number of anilines is 1. The van der Waals surface area contributed by atoms with E-state index in [0.717, 1.165) is 16.8 Å². The first-order valence-electron chi connectivity index (χ1n) is 8.88. The highest BCUT2D eigenvalue weighted by Crippen LogP contribution is 2.30. The molecule has 0 bridgehead atoms. The van der Waals surface area contributed by atoms with Crippen molar-refractivity contribution >= 4 is 44.6 Å². The van der Waals surface area contributed by atoms with Crippen LogP contribution in [0.4, 0.5) is 5.69 Å². The quantitative estimate of drug-likeness (QED) is 0.564. The summed E-state index contributed by atoms with van der Waals surface area (Å²) in [4.78, 5) is 0.151. The number of nitrogens with zero attached hydrogens (tertiary/aromatic N) is 1. The van der Waals surface area contributed by atoms with Crippen molar-refractivity contribution in [2.24, 2.45) is 5.10 Å². The molecule has 0 amide bonds. The highest BCUT2D eigenvalue weighted by atomic mass is 35.5. The van der Waals surface area contributed by atoms with Crippen LogP contribution in [0.1, 0.15) is 23.6 Å². The van der Waals surface area contributed by atoms with Crippen LogP contribution in [0.2, 0.25) is 10.0 Å². The largest absolute Gasteiger partial charge is 0.302 e. The third-order valence-corrected chi connectivity index (χ3v) is 6.62. The first-order chi connectivity index (χ1) is 13.9. The van der Waals surface area contributed by atoms with Gasteiger partial charge in [0.15, 0.2) is 0 Å². The van der Waals surface area contributed by atoms with Crippen LogP contribution in [0.25, 0.3) is 0 Å². The van der Waals surface area contributed by atoms with Gasteiger partial charge in [0.2, 0.25) is 0 Å². The summed E-state index contributed by atoms with van der Waals surface area (Å²) in [5.74, 6) is 0. The summed E-state index contributed by atoms with van der Waals surface area (Å²) in [6.45, 7) is 0. The molecule has 0 spiro atoms. The van der Waals surface area contributed by atoms with E-state index in [1.165, 1.54) is 12.1 Å². The average molecular weight is 446 g/mol. The minimum absolute atomic E-state index is 0.0155. The van der Waals surface area contributed by atoms with Gasteiger partial charge in [-0.25, -0.2) is 8.42 Å². The molecule has 0 aliphatic carbocycles. The van der Waals surface area contributed by atoms with E-state index in [1.54, 1.807) is 24.3 Å². The number of sulfonamides is 1. The lowest BCUT2D eigenvalue weighted by atomic mass is 9.99. The fourth-order valence-electron chi connectivity index (χ4n) is 3.12. The summed E-state index contributed by atoms with van der Waals surface area (Å²) in [6, 6.07) is 20.8. The summed E-state index contributed by atoms with van der Waals surface area (Å²) in [6.07, 6.45) is 0.694. The highest BCUT2D eigenvalue weighted by Gasteiger charge is 2.23. The van der Waals surface area contributed by atoms with Crippen molar-refractivity contribution in [2.75, 3.05) is 4.72 Å². The van der Waals surface area contributed by atoms with Crippen LogP contribution >= 0.6 is 23.2 Å². The van der Waals surface area contributed by atoms with Gasteiger partial charge in [-0.3, -0.25) is 4.72 Å². The van der Waals surface area contributed by atoms with Crippen LogP contribution < -0.4 is 10.1 Å². The minimum atomic E-state index is -3.68. The van der Waals surface area contributed by atoms with Gasteiger partial charge in [0.25, 0.3) is 10.0 Å². The number of hydrazone groups is 1. The smallest absolute Gasteiger partial charge is 0.261 e. The normalized spacial score (nSPS) is 16.2. The van der Waals surface area contributed by atoms with E-state index < -0.39 is 10.0 Å². The van der Waals surface area contributed by atoms with Crippen LogP contribution in [-0.2, 0) is 10.0 Å². The summed E-state index contributed by atoms with van der Waals surface area (Å²) in [7, 11) is -3.68. The molecule has 4 rings (SSSR count). The van der Waals surface area contributed by atoms with Crippen LogP contribution in [0.5, 0.6) is 0 Å². The molecule has 8 heteroatoms. The fourth-order valence-corrected chi connectivity index (χ4v) is 4.57. The Morgan fingerprint density at radius 3 is 2.31 bits per heavy atom. The van der Waals surface area contributed by atoms with E-state index in [2.05, 4.69) is 15.2 Å². The Balaban J connectivity index is 1.46. The molecule has 0 aromatic heterocycles. The number of benzene rings is 3. The van der Waals surface area contributed by atoms with Crippen LogP contribution in [0.3, 0.4) is 0 Å². The Morgan fingerprint density at radius 2 is 1.62 bits per heavy atom. The Labute approximate surface area is 179 Å². The molecule has 1 atom stereocenters. The maximum absolute atomic E-state index is 12.5. The molecular weight excluding hydrogens is 429 g/mol. The fraction of sp³-hybridized carbons (Fsp3) is 0.0952. The van der Waals surface area contributed by atoms with Crippen LogP contribution in [0.15, 0.2) is 82.8 Å². The van der Waals surface area contributed by atoms with Gasteiger partial charge in [0.05, 0.1) is 16.6 Å². The highest BCUT2D eigenvalue weighted by molar-refractivity contribution is 7.92. The lowest BCUT2D eigenvalue weighted by molar-refractivity contribution is 0.601. The van der Waals surface area contributed by atoms with Crippen molar-refractivity contribution in [3.63, 3.8) is 0 Å². The molecule has 1 aliphatic heterocycles. The van der Waals surface area contributed by atoms with Gasteiger partial charge in [-0.05, 0) is 53.6 Å². The lowest BCUT2D eigenvalue weighted by Crippen LogP contribution is -2.13. The number of rotatable bonds is 5. The van der Waals surface area contributed by atoms with Crippen molar-refractivity contribution in [2.45, 2.75) is 17.4 Å². The molecule has 29 heavy (non-hydrogen) atoms. The number of hydrogen-bond donors (Lipinski definition) is 2. The SMILES string of the molecule is O=S(=O)(Nc1ccc(C2=NNC(c3ccccc3Cl)C2)cc1)c1ccc(Cl)cc1. The van der Waals surface area contributed by atoms with Crippen molar-refractivity contribution in [3.8, 4) is 0 Å². The molecule has 1 heterocycles. The van der Waals surface area contributed by atoms with E-state index >= 15 is 0 Å². The van der Waals surface area contributed by atoms with Crippen molar-refractivity contribution < 1.29 is 8.42 Å². The first-order valence-corrected chi connectivity index (χ1v) is 11.1. The molecule has 0 saturated heterocycles. The zero-order chi connectivity index (χ0) is 20.4. The third-order valence-electron chi connectivity index (χ3n) is 4.63. The molecule has 0 radical (unpaired) electrons. The second-order valence-corrected chi connectivity index (χ2v) is 9.13. The van der Waals surface area contributed by atoms with Crippen molar-refractivity contribution in [1.82, 2.24) is 5.43 Å². The number of nitrogens with one attached hydrogen (secondary N) is 2. The lowest BCUT2D eigenvalue weighted by Gasteiger charge is -2.12. The van der Waals surface area contributed by atoms with Crippen LogP contribution in [0, 0.1) is 0 Å². The summed E-state index contributed by atoms with van der Waals surface area (Å²) in [5.41, 5.74) is 6.40. The summed E-state index contributed by atoms with van der Waals surface area (Å²) >= 11 is 12.1. The van der Waals surface area contributed by atoms with E-state index in [-0.39, 0.29) is 10.9 Å². The van der Waals surface area contributed by atoms with E-state index in [4.69, 9.17) is 23.2 Å². The molecule has 0 fully saturated rings. The van der Waals surface area contributed by atoms with Gasteiger partial charge in [-0.1, -0.05) is 53.5 Å². The predicted molar refractivity (Wildman–Crippen MR) is 117 cm³/mol. The molecule has 5 nitrogen and oxygen atoms in total. The summed E-state index contributed by atoms with van der Waals surface area (Å²) < 4.78 is 27.5. The molecule has 2 N–H and O–H groups in total. The van der Waals surface area contributed by atoms with Gasteiger partial charge >= 0.3 is 0 Å². The molecule has 0 saturated carbocycles. The molecular formula is C21H17Cl2N3O2S. The Hall–Kier alpha value is -2.54. The van der Waals surface area contributed by atoms with E-state index in [9.17, 15) is 8.42 Å². The molecule has 1 aliphatic rings. The van der Waals surface area contributed by atoms with Crippen LogP contribution in [-0.4, -0.2) is 14.1 Å². The van der Waals surface area contributed by atoms with E-state index in [0.29, 0.717) is 22.2 Å². The topological polar surface area (TPSA) is 70.6 Å². The predicted octanol–water partition coefficient (Wildman–Crippen LogP) is 5.23. The van der Waals surface area contributed by atoms with Crippen molar-refractivity contribution in [1.29, 1.82) is 0 Å². The van der Waals surface area contributed by atoms with Crippen molar-refractivity contribution in [3.05, 3.63) is 94.0 Å². The maximum Gasteiger partial charge on any atom is 0.261 e. The Bertz CT molecular complexity index is 1160. The van der Waals surface area contributed by atoms with Gasteiger partial charge in [-0.15, -0.1) is 0 Å². The Kier molecular flexibility index (Phi) is 5.50. The van der Waals surface area contributed by atoms with Gasteiger partial charge in [-0.2, -0.15) is 5.10 Å². The molecule has 3 aromatic carbocycles. The van der Waals surface area contributed by atoms with Gasteiger partial charge in [0.1, 0.15) is 0 Å². The second kappa shape index (κ2) is 8.06. The first kappa shape index (κ1) is 19.8. The zero-order valence-corrected chi connectivity index (χ0v) is 17.5. The summed E-state index contributed by atoms with van der Waals surface area (Å²) in [5, 5.41) is 5.60. The standard InChI is InChI=1S/C21H17Cl2N3O2S/c22-15-7-11-17(12-8-15)29(27,28)26-16-9-5-14(6-10-16)20-13-21(25-24-20)18-3-1-2-4-19(18)23/h1-12,21,25-26H,13H2. The molecule has 3 aromatic rings. The van der Waals surface area contributed by atoms with Gasteiger partial charge < -0.3 is 5.43 Å². The van der Waals surface area contributed by atoms with Gasteiger partial charge in [0, 0.05) is 22.2 Å². The second-order valence-electron chi connectivity index (χ2n) is 6.60.